The summed E-state index contributed by atoms with van der Waals surface area (Å²) >= 11 is 0. The SMILES string of the molecule is COc1ccc(-c2noc(CCC(=O)Nc3cc(C(N)=O)ccc3OC)n2)cc1. The highest BCUT2D eigenvalue weighted by molar-refractivity contribution is 5.97. The molecular weight excluding hydrogens is 376 g/mol. The Hall–Kier alpha value is -3.88. The van der Waals surface area contributed by atoms with E-state index in [0.717, 1.165) is 11.3 Å². The van der Waals surface area contributed by atoms with Gasteiger partial charge >= 0.3 is 0 Å². The first-order chi connectivity index (χ1) is 14.0. The monoisotopic (exact) mass is 396 g/mol. The highest BCUT2D eigenvalue weighted by Gasteiger charge is 2.14. The molecule has 150 valence electrons. The van der Waals surface area contributed by atoms with E-state index in [-0.39, 0.29) is 24.3 Å². The van der Waals surface area contributed by atoms with Gasteiger partial charge in [-0.1, -0.05) is 5.16 Å². The maximum absolute atomic E-state index is 12.3. The summed E-state index contributed by atoms with van der Waals surface area (Å²) in [6.07, 6.45) is 0.362. The van der Waals surface area contributed by atoms with Crippen LogP contribution in [0.2, 0.25) is 0 Å². The minimum absolute atomic E-state index is 0.105. The smallest absolute Gasteiger partial charge is 0.248 e. The second-order valence-corrected chi connectivity index (χ2v) is 6.07. The summed E-state index contributed by atoms with van der Waals surface area (Å²) in [6, 6.07) is 11.8. The molecule has 2 aromatic carbocycles. The first-order valence-electron chi connectivity index (χ1n) is 8.75. The van der Waals surface area contributed by atoms with E-state index in [1.165, 1.54) is 19.2 Å². The van der Waals surface area contributed by atoms with Gasteiger partial charge in [-0.3, -0.25) is 9.59 Å². The first kappa shape index (κ1) is 19.9. The zero-order chi connectivity index (χ0) is 20.8. The Labute approximate surface area is 166 Å². The fourth-order valence-electron chi connectivity index (χ4n) is 2.61. The van der Waals surface area contributed by atoms with Crippen LogP contribution >= 0.6 is 0 Å². The van der Waals surface area contributed by atoms with Crippen molar-refractivity contribution in [3.05, 3.63) is 53.9 Å². The number of aromatic nitrogens is 2. The van der Waals surface area contributed by atoms with Crippen molar-refractivity contribution in [3.8, 4) is 22.9 Å². The van der Waals surface area contributed by atoms with E-state index in [1.54, 1.807) is 25.3 Å². The van der Waals surface area contributed by atoms with Crippen LogP contribution in [-0.2, 0) is 11.2 Å². The fourth-order valence-corrected chi connectivity index (χ4v) is 2.61. The molecule has 0 radical (unpaired) electrons. The predicted octanol–water partition coefficient (Wildman–Crippen LogP) is 2.42. The Morgan fingerprint density at radius 1 is 1.10 bits per heavy atom. The zero-order valence-corrected chi connectivity index (χ0v) is 16.0. The highest BCUT2D eigenvalue weighted by Crippen LogP contribution is 2.26. The van der Waals surface area contributed by atoms with E-state index in [4.69, 9.17) is 19.7 Å². The number of methoxy groups -OCH3 is 2. The lowest BCUT2D eigenvalue weighted by Crippen LogP contribution is -2.15. The number of benzene rings is 2. The number of rotatable bonds is 8. The van der Waals surface area contributed by atoms with Crippen molar-refractivity contribution in [2.45, 2.75) is 12.8 Å². The van der Waals surface area contributed by atoms with E-state index in [9.17, 15) is 9.59 Å². The number of ether oxygens (including phenoxy) is 2. The standard InChI is InChI=1S/C20H20N4O5/c1-27-14-6-3-12(4-7-14)20-23-18(29-24-20)10-9-17(25)22-15-11-13(19(21)26)5-8-16(15)28-2/h3-8,11H,9-10H2,1-2H3,(H2,21,26)(H,22,25). The van der Waals surface area contributed by atoms with Crippen LogP contribution in [0.5, 0.6) is 11.5 Å². The maximum atomic E-state index is 12.3. The van der Waals surface area contributed by atoms with Gasteiger partial charge in [0.25, 0.3) is 0 Å². The first-order valence-corrected chi connectivity index (χ1v) is 8.75. The molecule has 0 aliphatic rings. The van der Waals surface area contributed by atoms with Crippen molar-refractivity contribution < 1.29 is 23.6 Å². The molecule has 0 saturated carbocycles. The van der Waals surface area contributed by atoms with Crippen LogP contribution in [0.1, 0.15) is 22.7 Å². The average molecular weight is 396 g/mol. The number of primary amides is 1. The summed E-state index contributed by atoms with van der Waals surface area (Å²) in [4.78, 5) is 27.9. The molecule has 29 heavy (non-hydrogen) atoms. The molecule has 0 spiro atoms. The van der Waals surface area contributed by atoms with Gasteiger partial charge in [0.15, 0.2) is 0 Å². The molecule has 0 aliphatic carbocycles. The second-order valence-electron chi connectivity index (χ2n) is 6.07. The van der Waals surface area contributed by atoms with Gasteiger partial charge < -0.3 is 25.0 Å². The Morgan fingerprint density at radius 2 is 1.86 bits per heavy atom. The molecule has 0 fully saturated rings. The van der Waals surface area contributed by atoms with E-state index in [2.05, 4.69) is 15.5 Å². The van der Waals surface area contributed by atoms with Crippen molar-refractivity contribution in [1.29, 1.82) is 0 Å². The molecule has 3 N–H and O–H groups in total. The molecule has 0 saturated heterocycles. The Morgan fingerprint density at radius 3 is 2.52 bits per heavy atom. The van der Waals surface area contributed by atoms with Crippen molar-refractivity contribution in [2.24, 2.45) is 5.73 Å². The molecule has 3 rings (SSSR count). The normalized spacial score (nSPS) is 10.4. The Kier molecular flexibility index (Phi) is 6.08. The third-order valence-electron chi connectivity index (χ3n) is 4.14. The van der Waals surface area contributed by atoms with Crippen LogP contribution in [0, 0.1) is 0 Å². The third-order valence-corrected chi connectivity index (χ3v) is 4.14. The molecule has 3 aromatic rings. The summed E-state index contributed by atoms with van der Waals surface area (Å²) in [6.45, 7) is 0. The van der Waals surface area contributed by atoms with Gasteiger partial charge in [-0.2, -0.15) is 4.98 Å². The summed E-state index contributed by atoms with van der Waals surface area (Å²) in [7, 11) is 3.06. The molecular formula is C20H20N4O5. The molecule has 1 heterocycles. The predicted molar refractivity (Wildman–Crippen MR) is 105 cm³/mol. The molecule has 9 heteroatoms. The van der Waals surface area contributed by atoms with E-state index >= 15 is 0 Å². The van der Waals surface area contributed by atoms with Crippen molar-refractivity contribution in [3.63, 3.8) is 0 Å². The summed E-state index contributed by atoms with van der Waals surface area (Å²) in [5.41, 5.74) is 6.68. The lowest BCUT2D eigenvalue weighted by molar-refractivity contribution is -0.116. The van der Waals surface area contributed by atoms with Gasteiger partial charge in [0, 0.05) is 24.0 Å². The number of carbonyl (C=O) groups is 2. The lowest BCUT2D eigenvalue weighted by atomic mass is 10.1. The molecule has 0 bridgehead atoms. The highest BCUT2D eigenvalue weighted by atomic mass is 16.5. The number of nitrogens with one attached hydrogen (secondary N) is 1. The average Bonchev–Trinajstić information content (AvgIpc) is 3.21. The topological polar surface area (TPSA) is 130 Å². The Bertz CT molecular complexity index is 1010. The Balaban J connectivity index is 1.62. The van der Waals surface area contributed by atoms with Gasteiger partial charge in [0.05, 0.1) is 19.9 Å². The van der Waals surface area contributed by atoms with Crippen LogP contribution in [0.4, 0.5) is 5.69 Å². The summed E-state index contributed by atoms with van der Waals surface area (Å²) in [5.74, 6) is 1.02. The van der Waals surface area contributed by atoms with Gasteiger partial charge in [-0.25, -0.2) is 0 Å². The number of anilines is 1. The zero-order valence-electron chi connectivity index (χ0n) is 16.0. The van der Waals surface area contributed by atoms with E-state index < -0.39 is 5.91 Å². The molecule has 1 aromatic heterocycles. The number of amides is 2. The van der Waals surface area contributed by atoms with E-state index in [1.807, 2.05) is 12.1 Å². The van der Waals surface area contributed by atoms with Crippen molar-refractivity contribution in [1.82, 2.24) is 10.1 Å². The second kappa shape index (κ2) is 8.87. The minimum Gasteiger partial charge on any atom is -0.497 e. The van der Waals surface area contributed by atoms with Crippen LogP contribution < -0.4 is 20.5 Å². The number of aryl methyl sites for hydroxylation is 1. The number of carbonyl (C=O) groups excluding carboxylic acids is 2. The fraction of sp³-hybridized carbons (Fsp3) is 0.200. The summed E-state index contributed by atoms with van der Waals surface area (Å²) < 4.78 is 15.5. The molecule has 2 amide bonds. The minimum atomic E-state index is -0.597. The van der Waals surface area contributed by atoms with Crippen molar-refractivity contribution >= 4 is 17.5 Å². The third kappa shape index (κ3) is 4.89. The van der Waals surface area contributed by atoms with Crippen LogP contribution in [0.15, 0.2) is 47.0 Å². The maximum Gasteiger partial charge on any atom is 0.248 e. The van der Waals surface area contributed by atoms with Crippen LogP contribution in [-0.4, -0.2) is 36.2 Å². The number of hydrogen-bond acceptors (Lipinski definition) is 7. The molecule has 9 nitrogen and oxygen atoms in total. The van der Waals surface area contributed by atoms with Crippen molar-refractivity contribution in [2.75, 3.05) is 19.5 Å². The number of nitrogens with two attached hydrogens (primary N) is 1. The van der Waals surface area contributed by atoms with Gasteiger partial charge in [0.1, 0.15) is 11.5 Å². The van der Waals surface area contributed by atoms with Gasteiger partial charge in [0.2, 0.25) is 23.5 Å². The van der Waals surface area contributed by atoms with E-state index in [0.29, 0.717) is 23.2 Å². The van der Waals surface area contributed by atoms with Gasteiger partial charge in [-0.05, 0) is 42.5 Å². The molecule has 0 atom stereocenters. The molecule has 0 aliphatic heterocycles. The quantitative estimate of drug-likeness (QED) is 0.598. The summed E-state index contributed by atoms with van der Waals surface area (Å²) in [5, 5.41) is 6.63. The van der Waals surface area contributed by atoms with Crippen LogP contribution in [0.3, 0.4) is 0 Å². The number of hydrogen-bond donors (Lipinski definition) is 2. The van der Waals surface area contributed by atoms with Crippen LogP contribution in [0.25, 0.3) is 11.4 Å². The largest absolute Gasteiger partial charge is 0.497 e. The van der Waals surface area contributed by atoms with Gasteiger partial charge in [-0.15, -0.1) is 0 Å². The number of nitrogens with zero attached hydrogens (tertiary/aromatic N) is 2. The molecule has 0 unspecified atom stereocenters. The lowest BCUT2D eigenvalue weighted by Gasteiger charge is -2.10.